The number of anilines is 1. The first kappa shape index (κ1) is 20.2. The van der Waals surface area contributed by atoms with Crippen molar-refractivity contribution in [1.29, 1.82) is 0 Å². The fourth-order valence-corrected chi connectivity index (χ4v) is 3.47. The van der Waals surface area contributed by atoms with Crippen LogP contribution in [0, 0.1) is 6.92 Å². The van der Waals surface area contributed by atoms with Crippen molar-refractivity contribution in [2.75, 3.05) is 4.90 Å². The number of amides is 2. The van der Waals surface area contributed by atoms with Crippen molar-refractivity contribution >= 4 is 46.9 Å². The van der Waals surface area contributed by atoms with E-state index >= 15 is 0 Å². The molecular formula is C23H16N2O5S. The highest BCUT2D eigenvalue weighted by Gasteiger charge is 2.35. The molecule has 2 amide bonds. The molecule has 1 aliphatic rings. The lowest BCUT2D eigenvalue weighted by Crippen LogP contribution is -2.54. The molecule has 8 heteroatoms. The molecule has 0 bridgehead atoms. The van der Waals surface area contributed by atoms with Crippen molar-refractivity contribution in [2.45, 2.75) is 6.92 Å². The zero-order valence-electron chi connectivity index (χ0n) is 16.3. The molecule has 0 atom stereocenters. The lowest BCUT2D eigenvalue weighted by molar-refractivity contribution is -0.122. The minimum absolute atomic E-state index is 0.0140. The highest BCUT2D eigenvalue weighted by molar-refractivity contribution is 7.80. The van der Waals surface area contributed by atoms with Crippen molar-refractivity contribution in [2.24, 2.45) is 0 Å². The number of rotatable bonds is 4. The zero-order chi connectivity index (χ0) is 22.1. The van der Waals surface area contributed by atoms with E-state index in [1.54, 1.807) is 36.4 Å². The molecule has 1 aliphatic heterocycles. The van der Waals surface area contributed by atoms with Gasteiger partial charge >= 0.3 is 5.97 Å². The molecule has 31 heavy (non-hydrogen) atoms. The summed E-state index contributed by atoms with van der Waals surface area (Å²) in [5.41, 5.74) is 2.13. The second-order valence-corrected chi connectivity index (χ2v) is 7.22. The Morgan fingerprint density at radius 1 is 1.06 bits per heavy atom. The Morgan fingerprint density at radius 3 is 2.45 bits per heavy atom. The first-order chi connectivity index (χ1) is 14.8. The number of nitrogens with one attached hydrogen (secondary N) is 1. The maximum atomic E-state index is 13.1. The molecule has 2 heterocycles. The molecule has 2 N–H and O–H groups in total. The normalized spacial score (nSPS) is 15.3. The molecule has 0 unspecified atom stereocenters. The van der Waals surface area contributed by atoms with E-state index in [0.29, 0.717) is 22.8 Å². The third-order valence-corrected chi connectivity index (χ3v) is 5.07. The highest BCUT2D eigenvalue weighted by Crippen LogP contribution is 2.27. The van der Waals surface area contributed by atoms with Crippen LogP contribution < -0.4 is 10.2 Å². The van der Waals surface area contributed by atoms with Crippen LogP contribution in [0.5, 0.6) is 0 Å². The molecule has 0 radical (unpaired) electrons. The Balaban J connectivity index is 1.65. The van der Waals surface area contributed by atoms with Gasteiger partial charge in [0, 0.05) is 5.56 Å². The topological polar surface area (TPSA) is 99.8 Å². The summed E-state index contributed by atoms with van der Waals surface area (Å²) in [7, 11) is 0. The van der Waals surface area contributed by atoms with Crippen molar-refractivity contribution in [3.63, 3.8) is 0 Å². The smallest absolute Gasteiger partial charge is 0.335 e. The molecule has 0 aliphatic carbocycles. The fourth-order valence-electron chi connectivity index (χ4n) is 3.20. The van der Waals surface area contributed by atoms with Crippen LogP contribution in [0.4, 0.5) is 5.69 Å². The van der Waals surface area contributed by atoms with Crippen LogP contribution in [-0.2, 0) is 9.59 Å². The molecule has 0 saturated carbocycles. The van der Waals surface area contributed by atoms with Crippen LogP contribution in [0.1, 0.15) is 21.7 Å². The van der Waals surface area contributed by atoms with E-state index < -0.39 is 17.8 Å². The molecule has 1 fully saturated rings. The first-order valence-electron chi connectivity index (χ1n) is 9.26. The minimum Gasteiger partial charge on any atom is -0.478 e. The van der Waals surface area contributed by atoms with Crippen LogP contribution in [0.15, 0.2) is 70.7 Å². The number of carboxylic acid groups (broad SMARTS) is 1. The summed E-state index contributed by atoms with van der Waals surface area (Å²) in [6.07, 6.45) is 1.36. The summed E-state index contributed by atoms with van der Waals surface area (Å²) in [4.78, 5) is 37.8. The summed E-state index contributed by atoms with van der Waals surface area (Å²) in [6.45, 7) is 1.85. The number of para-hydroxylation sites is 1. The highest BCUT2D eigenvalue weighted by atomic mass is 32.1. The second kappa shape index (κ2) is 8.00. The average molecular weight is 432 g/mol. The van der Waals surface area contributed by atoms with Gasteiger partial charge in [-0.1, -0.05) is 30.3 Å². The van der Waals surface area contributed by atoms with Crippen molar-refractivity contribution in [3.8, 4) is 11.3 Å². The number of carboxylic acids is 1. The van der Waals surface area contributed by atoms with Crippen LogP contribution >= 0.6 is 12.2 Å². The number of nitrogens with zero attached hydrogens (tertiary/aromatic N) is 1. The monoisotopic (exact) mass is 432 g/mol. The van der Waals surface area contributed by atoms with Crippen LogP contribution in [0.3, 0.4) is 0 Å². The molecule has 154 valence electrons. The van der Waals surface area contributed by atoms with E-state index in [4.69, 9.17) is 21.7 Å². The number of carbonyl (C=O) groups excluding carboxylic acids is 2. The number of furan rings is 1. The molecule has 0 spiro atoms. The van der Waals surface area contributed by atoms with Gasteiger partial charge in [0.05, 0.1) is 11.3 Å². The Hall–Kier alpha value is -4.04. The van der Waals surface area contributed by atoms with Gasteiger partial charge in [0.1, 0.15) is 17.1 Å². The molecule has 3 aromatic rings. The van der Waals surface area contributed by atoms with Crippen LogP contribution in [-0.4, -0.2) is 28.0 Å². The number of aromatic carboxylic acids is 1. The Morgan fingerprint density at radius 2 is 1.77 bits per heavy atom. The van der Waals surface area contributed by atoms with Gasteiger partial charge in [-0.05, 0) is 61.1 Å². The number of hydrogen-bond acceptors (Lipinski definition) is 5. The van der Waals surface area contributed by atoms with Crippen molar-refractivity contribution in [3.05, 3.63) is 83.1 Å². The third kappa shape index (κ3) is 3.88. The number of thiocarbonyl (C=S) groups is 1. The van der Waals surface area contributed by atoms with Crippen LogP contribution in [0.25, 0.3) is 17.4 Å². The summed E-state index contributed by atoms with van der Waals surface area (Å²) < 4.78 is 5.75. The van der Waals surface area contributed by atoms with Gasteiger partial charge in [0.2, 0.25) is 0 Å². The van der Waals surface area contributed by atoms with Crippen molar-refractivity contribution in [1.82, 2.24) is 5.32 Å². The minimum atomic E-state index is -1.02. The van der Waals surface area contributed by atoms with Gasteiger partial charge in [0.15, 0.2) is 5.11 Å². The lowest BCUT2D eigenvalue weighted by Gasteiger charge is -2.29. The molecule has 2 aromatic carbocycles. The molecule has 1 saturated heterocycles. The van der Waals surface area contributed by atoms with E-state index in [1.165, 1.54) is 23.1 Å². The summed E-state index contributed by atoms with van der Waals surface area (Å²) >= 11 is 5.22. The van der Waals surface area contributed by atoms with Gasteiger partial charge in [0.25, 0.3) is 11.8 Å². The third-order valence-electron chi connectivity index (χ3n) is 4.79. The van der Waals surface area contributed by atoms with Gasteiger partial charge in [-0.25, -0.2) is 4.79 Å². The van der Waals surface area contributed by atoms with E-state index in [1.807, 2.05) is 19.1 Å². The Bertz CT molecular complexity index is 1260. The molecule has 7 nitrogen and oxygen atoms in total. The molecule has 1 aromatic heterocycles. The van der Waals surface area contributed by atoms with Gasteiger partial charge in [-0.3, -0.25) is 19.8 Å². The van der Waals surface area contributed by atoms with E-state index in [2.05, 4.69) is 5.32 Å². The first-order valence-corrected chi connectivity index (χ1v) is 9.66. The van der Waals surface area contributed by atoms with Crippen molar-refractivity contribution < 1.29 is 23.9 Å². The number of carbonyl (C=O) groups is 3. The number of aryl methyl sites for hydroxylation is 1. The summed E-state index contributed by atoms with van der Waals surface area (Å²) in [5.74, 6) is -1.41. The van der Waals surface area contributed by atoms with Gasteiger partial charge in [-0.15, -0.1) is 0 Å². The van der Waals surface area contributed by atoms with E-state index in [0.717, 1.165) is 5.56 Å². The van der Waals surface area contributed by atoms with E-state index in [-0.39, 0.29) is 16.2 Å². The zero-order valence-corrected chi connectivity index (χ0v) is 17.1. The second-order valence-electron chi connectivity index (χ2n) is 6.83. The number of benzene rings is 2. The maximum absolute atomic E-state index is 13.1. The molecular weight excluding hydrogens is 416 g/mol. The Kier molecular flexibility index (Phi) is 5.22. The maximum Gasteiger partial charge on any atom is 0.335 e. The lowest BCUT2D eigenvalue weighted by atomic mass is 10.1. The summed E-state index contributed by atoms with van der Waals surface area (Å²) in [5, 5.41) is 11.6. The summed E-state index contributed by atoms with van der Waals surface area (Å²) in [6, 6.07) is 16.7. The van der Waals surface area contributed by atoms with Crippen LogP contribution in [0.2, 0.25) is 0 Å². The molecule has 4 rings (SSSR count). The largest absolute Gasteiger partial charge is 0.478 e. The fraction of sp³-hybridized carbons (Fsp3) is 0.0435. The predicted octanol–water partition coefficient (Wildman–Crippen LogP) is 3.78. The van der Waals surface area contributed by atoms with E-state index in [9.17, 15) is 14.4 Å². The van der Waals surface area contributed by atoms with Gasteiger partial charge < -0.3 is 9.52 Å². The predicted molar refractivity (Wildman–Crippen MR) is 118 cm³/mol. The van der Waals surface area contributed by atoms with Gasteiger partial charge in [-0.2, -0.15) is 0 Å². The Labute approximate surface area is 182 Å². The average Bonchev–Trinajstić information content (AvgIpc) is 3.21. The number of hydrogen-bond donors (Lipinski definition) is 2. The quantitative estimate of drug-likeness (QED) is 0.370. The SMILES string of the molecule is Cc1ccccc1N1C(=O)/C(=C/c2ccc(-c3ccc(C(=O)O)cc3)o2)C(=O)NC1=S. The standard InChI is InChI=1S/C23H16N2O5S/c1-13-4-2-3-5-18(13)25-21(27)17(20(26)24-23(25)31)12-16-10-11-19(30-16)14-6-8-15(9-7-14)22(28)29/h2-12H,1H3,(H,28,29)(H,24,26,31)/b17-12+.